The first kappa shape index (κ1) is 13.0. The number of thiocarbonyl (C=S) groups is 1. The van der Waals surface area contributed by atoms with Crippen molar-refractivity contribution in [3.63, 3.8) is 0 Å². The minimum atomic E-state index is 0.236. The fourth-order valence-corrected chi connectivity index (χ4v) is 2.00. The lowest BCUT2D eigenvalue weighted by Crippen LogP contribution is -2.34. The number of amides is 1. The highest BCUT2D eigenvalue weighted by Crippen LogP contribution is 2.31. The Morgan fingerprint density at radius 1 is 1.33 bits per heavy atom. The second kappa shape index (κ2) is 5.96. The van der Waals surface area contributed by atoms with Crippen molar-refractivity contribution in [1.82, 2.24) is 4.90 Å². The Morgan fingerprint density at radius 2 is 2.00 bits per heavy atom. The molecule has 0 radical (unpaired) electrons. The molecular weight excluding hydrogens is 244 g/mol. The first-order valence-electron chi connectivity index (χ1n) is 6.28. The molecule has 1 aliphatic carbocycles. The van der Waals surface area contributed by atoms with Gasteiger partial charge in [-0.3, -0.25) is 4.79 Å². The summed E-state index contributed by atoms with van der Waals surface area (Å²) in [7, 11) is 0. The zero-order valence-electron chi connectivity index (χ0n) is 10.3. The molecule has 1 aromatic rings. The Hall–Kier alpha value is -1.42. The summed E-state index contributed by atoms with van der Waals surface area (Å²) in [5, 5.41) is 0. The van der Waals surface area contributed by atoms with Gasteiger partial charge in [-0.2, -0.15) is 0 Å². The fraction of sp³-hybridized carbons (Fsp3) is 0.429. The third kappa shape index (κ3) is 3.81. The normalized spacial score (nSPS) is 14.2. The minimum Gasteiger partial charge on any atom is -0.393 e. The molecule has 1 aliphatic rings. The largest absolute Gasteiger partial charge is 0.393 e. The molecule has 0 aromatic heterocycles. The van der Waals surface area contributed by atoms with Gasteiger partial charge in [-0.25, -0.2) is 0 Å². The van der Waals surface area contributed by atoms with Crippen molar-refractivity contribution < 1.29 is 4.79 Å². The van der Waals surface area contributed by atoms with Gasteiger partial charge in [0.25, 0.3) is 0 Å². The van der Waals surface area contributed by atoms with Crippen LogP contribution < -0.4 is 5.73 Å². The monoisotopic (exact) mass is 262 g/mol. The zero-order valence-corrected chi connectivity index (χ0v) is 11.2. The average Bonchev–Trinajstić information content (AvgIpc) is 3.19. The van der Waals surface area contributed by atoms with Gasteiger partial charge in [0.05, 0.1) is 4.99 Å². The van der Waals surface area contributed by atoms with Crippen molar-refractivity contribution in [3.05, 3.63) is 35.9 Å². The van der Waals surface area contributed by atoms with Gasteiger partial charge < -0.3 is 10.6 Å². The van der Waals surface area contributed by atoms with Crippen LogP contribution in [-0.4, -0.2) is 22.3 Å². The Kier molecular flexibility index (Phi) is 4.31. The van der Waals surface area contributed by atoms with Gasteiger partial charge in [0.2, 0.25) is 5.91 Å². The topological polar surface area (TPSA) is 46.3 Å². The number of hydrogen-bond acceptors (Lipinski definition) is 2. The lowest BCUT2D eigenvalue weighted by atomic mass is 10.2. The van der Waals surface area contributed by atoms with E-state index >= 15 is 0 Å². The smallest absolute Gasteiger partial charge is 0.225 e. The molecule has 3 nitrogen and oxygen atoms in total. The van der Waals surface area contributed by atoms with Crippen LogP contribution in [0.5, 0.6) is 0 Å². The lowest BCUT2D eigenvalue weighted by Gasteiger charge is -2.22. The van der Waals surface area contributed by atoms with Crippen molar-refractivity contribution >= 4 is 23.1 Å². The van der Waals surface area contributed by atoms with Crippen LogP contribution in [0.15, 0.2) is 30.3 Å². The molecule has 18 heavy (non-hydrogen) atoms. The molecule has 4 heteroatoms. The summed E-state index contributed by atoms with van der Waals surface area (Å²) in [5.74, 6) is 0.482. The molecule has 1 saturated carbocycles. The summed E-state index contributed by atoms with van der Waals surface area (Å²) in [6.07, 6.45) is 2.65. The molecule has 0 heterocycles. The Labute approximate surface area is 113 Å². The number of nitrogens with two attached hydrogens (primary N) is 1. The molecule has 0 unspecified atom stereocenters. The molecule has 0 saturated heterocycles. The Balaban J connectivity index is 1.99. The maximum absolute atomic E-state index is 12.2. The second-order valence-electron chi connectivity index (χ2n) is 4.74. The first-order chi connectivity index (χ1) is 8.66. The highest BCUT2D eigenvalue weighted by Gasteiger charge is 2.33. The predicted molar refractivity (Wildman–Crippen MR) is 76.0 cm³/mol. The first-order valence-corrected chi connectivity index (χ1v) is 6.68. The highest BCUT2D eigenvalue weighted by atomic mass is 32.1. The molecule has 1 fully saturated rings. The Bertz CT molecular complexity index is 429. The van der Waals surface area contributed by atoms with Crippen LogP contribution in [0.1, 0.15) is 24.8 Å². The van der Waals surface area contributed by atoms with Gasteiger partial charge in [0.1, 0.15) is 0 Å². The molecule has 1 amide bonds. The quantitative estimate of drug-likeness (QED) is 0.799. The van der Waals surface area contributed by atoms with Gasteiger partial charge in [0.15, 0.2) is 0 Å². The maximum atomic E-state index is 12.2. The SMILES string of the molecule is NC(=S)CCN(Cc1ccccc1)C(=O)C1CC1. The van der Waals surface area contributed by atoms with E-state index in [0.29, 0.717) is 24.5 Å². The van der Waals surface area contributed by atoms with E-state index < -0.39 is 0 Å². The van der Waals surface area contributed by atoms with E-state index in [1.54, 1.807) is 0 Å². The molecule has 0 bridgehead atoms. The second-order valence-corrected chi connectivity index (χ2v) is 5.26. The number of carbonyl (C=O) groups is 1. The summed E-state index contributed by atoms with van der Waals surface area (Å²) < 4.78 is 0. The van der Waals surface area contributed by atoms with Crippen molar-refractivity contribution in [2.75, 3.05) is 6.54 Å². The average molecular weight is 262 g/mol. The molecule has 2 rings (SSSR count). The van der Waals surface area contributed by atoms with Gasteiger partial charge in [-0.05, 0) is 18.4 Å². The Morgan fingerprint density at radius 3 is 2.56 bits per heavy atom. The minimum absolute atomic E-state index is 0.236. The summed E-state index contributed by atoms with van der Waals surface area (Å²) in [6, 6.07) is 10.0. The lowest BCUT2D eigenvalue weighted by molar-refractivity contribution is -0.133. The summed E-state index contributed by atoms with van der Waals surface area (Å²) >= 11 is 4.89. The molecule has 1 aromatic carbocycles. The van der Waals surface area contributed by atoms with Crippen molar-refractivity contribution in [2.24, 2.45) is 11.7 Å². The van der Waals surface area contributed by atoms with Gasteiger partial charge >= 0.3 is 0 Å². The zero-order chi connectivity index (χ0) is 13.0. The number of hydrogen-bond donors (Lipinski definition) is 1. The molecule has 0 aliphatic heterocycles. The van der Waals surface area contributed by atoms with E-state index in [4.69, 9.17) is 18.0 Å². The molecule has 0 spiro atoms. The van der Waals surface area contributed by atoms with E-state index in [9.17, 15) is 4.79 Å². The standard InChI is InChI=1S/C14H18N2OS/c15-13(18)8-9-16(14(17)12-6-7-12)10-11-4-2-1-3-5-11/h1-5,12H,6-10H2,(H2,15,18). The predicted octanol–water partition coefficient (Wildman–Crippen LogP) is 2.10. The van der Waals surface area contributed by atoms with Gasteiger partial charge in [-0.15, -0.1) is 0 Å². The van der Waals surface area contributed by atoms with Crippen LogP contribution in [0.3, 0.4) is 0 Å². The van der Waals surface area contributed by atoms with E-state index in [1.165, 1.54) is 0 Å². The van der Waals surface area contributed by atoms with Crippen molar-refractivity contribution in [3.8, 4) is 0 Å². The molecular formula is C14H18N2OS. The number of carbonyl (C=O) groups excluding carboxylic acids is 1. The van der Waals surface area contributed by atoms with E-state index in [2.05, 4.69) is 0 Å². The molecule has 2 N–H and O–H groups in total. The van der Waals surface area contributed by atoms with Crippen LogP contribution in [0.4, 0.5) is 0 Å². The molecule has 96 valence electrons. The van der Waals surface area contributed by atoms with Crippen LogP contribution in [0.2, 0.25) is 0 Å². The summed E-state index contributed by atoms with van der Waals surface area (Å²) in [5.41, 5.74) is 6.67. The third-order valence-corrected chi connectivity index (χ3v) is 3.29. The number of nitrogens with zero attached hydrogens (tertiary/aromatic N) is 1. The van der Waals surface area contributed by atoms with Gasteiger partial charge in [-0.1, -0.05) is 42.5 Å². The summed E-state index contributed by atoms with van der Waals surface area (Å²) in [6.45, 7) is 1.28. The van der Waals surface area contributed by atoms with Crippen molar-refractivity contribution in [1.29, 1.82) is 0 Å². The van der Waals surface area contributed by atoms with E-state index in [1.807, 2.05) is 35.2 Å². The summed E-state index contributed by atoms with van der Waals surface area (Å²) in [4.78, 5) is 14.5. The fourth-order valence-electron chi connectivity index (χ4n) is 1.90. The van der Waals surface area contributed by atoms with Crippen LogP contribution in [0.25, 0.3) is 0 Å². The van der Waals surface area contributed by atoms with Crippen LogP contribution in [-0.2, 0) is 11.3 Å². The van der Waals surface area contributed by atoms with E-state index in [-0.39, 0.29) is 11.8 Å². The number of rotatable bonds is 6. The van der Waals surface area contributed by atoms with Gasteiger partial charge in [0, 0.05) is 25.4 Å². The highest BCUT2D eigenvalue weighted by molar-refractivity contribution is 7.80. The maximum Gasteiger partial charge on any atom is 0.225 e. The third-order valence-electron chi connectivity index (χ3n) is 3.08. The van der Waals surface area contributed by atoms with Crippen LogP contribution in [0, 0.1) is 5.92 Å². The van der Waals surface area contributed by atoms with Crippen LogP contribution >= 0.6 is 12.2 Å². The van der Waals surface area contributed by atoms with E-state index in [0.717, 1.165) is 18.4 Å². The van der Waals surface area contributed by atoms with Crippen molar-refractivity contribution in [2.45, 2.75) is 25.8 Å². The molecule has 0 atom stereocenters. The number of benzene rings is 1.